The SMILES string of the molecule is Cl.Oc1ccc2c(c1)CCc1cc(O)ccc1C2Cc1ccc(OCCN2CCCCC2)cc1. The zero-order valence-corrected chi connectivity index (χ0v) is 20.4. The summed E-state index contributed by atoms with van der Waals surface area (Å²) in [5.41, 5.74) is 6.16. The van der Waals surface area contributed by atoms with Gasteiger partial charge in [0, 0.05) is 12.5 Å². The Labute approximate surface area is 208 Å². The molecule has 2 aliphatic rings. The number of hydrogen-bond acceptors (Lipinski definition) is 4. The zero-order chi connectivity index (χ0) is 22.6. The summed E-state index contributed by atoms with van der Waals surface area (Å²) in [4.78, 5) is 2.49. The van der Waals surface area contributed by atoms with Crippen LogP contribution >= 0.6 is 12.4 Å². The van der Waals surface area contributed by atoms with Gasteiger partial charge >= 0.3 is 0 Å². The zero-order valence-electron chi connectivity index (χ0n) is 19.6. The average molecular weight is 480 g/mol. The minimum absolute atomic E-state index is 0. The minimum atomic E-state index is 0. The summed E-state index contributed by atoms with van der Waals surface area (Å²) in [7, 11) is 0. The van der Waals surface area contributed by atoms with Gasteiger partial charge in [0.2, 0.25) is 0 Å². The van der Waals surface area contributed by atoms with Gasteiger partial charge in [-0.2, -0.15) is 0 Å². The number of aromatic hydroxyl groups is 2. The van der Waals surface area contributed by atoms with Crippen LogP contribution in [0.3, 0.4) is 0 Å². The van der Waals surface area contributed by atoms with Gasteiger partial charge < -0.3 is 14.9 Å². The van der Waals surface area contributed by atoms with E-state index in [0.717, 1.165) is 38.2 Å². The van der Waals surface area contributed by atoms with E-state index in [1.165, 1.54) is 60.2 Å². The number of piperidine rings is 1. The predicted molar refractivity (Wildman–Crippen MR) is 139 cm³/mol. The molecule has 2 N–H and O–H groups in total. The molecular formula is C29H34ClNO3. The first-order chi connectivity index (χ1) is 16.2. The molecule has 0 radical (unpaired) electrons. The summed E-state index contributed by atoms with van der Waals surface area (Å²) < 4.78 is 6.02. The van der Waals surface area contributed by atoms with Crippen molar-refractivity contribution in [2.45, 2.75) is 44.4 Å². The smallest absolute Gasteiger partial charge is 0.119 e. The lowest BCUT2D eigenvalue weighted by molar-refractivity contribution is 0.183. The first kappa shape index (κ1) is 24.4. The number of halogens is 1. The van der Waals surface area contributed by atoms with Gasteiger partial charge in [-0.25, -0.2) is 0 Å². The highest BCUT2D eigenvalue weighted by molar-refractivity contribution is 5.85. The van der Waals surface area contributed by atoms with Crippen LogP contribution in [0.15, 0.2) is 60.7 Å². The van der Waals surface area contributed by atoms with Crippen LogP contribution < -0.4 is 4.74 Å². The maximum atomic E-state index is 10.0. The first-order valence-electron chi connectivity index (χ1n) is 12.2. The van der Waals surface area contributed by atoms with Gasteiger partial charge in [0.1, 0.15) is 23.9 Å². The highest BCUT2D eigenvalue weighted by atomic mass is 35.5. The molecule has 0 unspecified atom stereocenters. The van der Waals surface area contributed by atoms with Gasteiger partial charge in [0.15, 0.2) is 0 Å². The van der Waals surface area contributed by atoms with Crippen molar-refractivity contribution in [1.82, 2.24) is 4.90 Å². The van der Waals surface area contributed by atoms with Crippen LogP contribution in [0.4, 0.5) is 0 Å². The number of aryl methyl sites for hydroxylation is 2. The number of likely N-dealkylation sites (tertiary alicyclic amines) is 1. The molecule has 0 atom stereocenters. The first-order valence-corrected chi connectivity index (χ1v) is 12.2. The number of nitrogens with zero attached hydrogens (tertiary/aromatic N) is 1. The molecule has 3 aromatic rings. The molecule has 1 aliphatic heterocycles. The number of hydrogen-bond donors (Lipinski definition) is 2. The lowest BCUT2D eigenvalue weighted by Gasteiger charge is -2.26. The molecule has 0 spiro atoms. The topological polar surface area (TPSA) is 52.9 Å². The van der Waals surface area contributed by atoms with E-state index in [1.807, 2.05) is 12.1 Å². The third-order valence-corrected chi connectivity index (χ3v) is 7.16. The van der Waals surface area contributed by atoms with Crippen molar-refractivity contribution in [2.75, 3.05) is 26.2 Å². The van der Waals surface area contributed by atoms with Gasteiger partial charge in [-0.15, -0.1) is 12.4 Å². The fourth-order valence-corrected chi connectivity index (χ4v) is 5.39. The van der Waals surface area contributed by atoms with Crippen LogP contribution in [0, 0.1) is 0 Å². The second kappa shape index (κ2) is 11.2. The number of phenolic OH excluding ortho intramolecular Hbond substituents is 2. The number of phenols is 2. The fourth-order valence-electron chi connectivity index (χ4n) is 5.39. The van der Waals surface area contributed by atoms with Crippen LogP contribution in [0.2, 0.25) is 0 Å². The van der Waals surface area contributed by atoms with Gasteiger partial charge in [0.25, 0.3) is 0 Å². The van der Waals surface area contributed by atoms with E-state index in [-0.39, 0.29) is 18.3 Å². The Balaban J connectivity index is 0.00000274. The van der Waals surface area contributed by atoms with Crippen molar-refractivity contribution in [3.63, 3.8) is 0 Å². The highest BCUT2D eigenvalue weighted by Gasteiger charge is 2.24. The molecule has 34 heavy (non-hydrogen) atoms. The second-order valence-corrected chi connectivity index (χ2v) is 9.42. The molecule has 0 bridgehead atoms. The Morgan fingerprint density at radius 1 is 0.765 bits per heavy atom. The standard InChI is InChI=1S/C29H33NO3.ClH/c31-24-8-12-27-22(19-24)6-7-23-20-25(32)9-13-28(23)29(27)18-21-4-10-26(11-5-21)33-17-16-30-14-2-1-3-15-30;/h4-5,8-13,19-20,29,31-32H,1-3,6-7,14-18H2;1H. The average Bonchev–Trinajstić information content (AvgIpc) is 2.97. The normalized spacial score (nSPS) is 16.1. The summed E-state index contributed by atoms with van der Waals surface area (Å²) in [6.45, 7) is 4.12. The Hall–Kier alpha value is -2.69. The molecule has 1 aliphatic carbocycles. The highest BCUT2D eigenvalue weighted by Crippen LogP contribution is 2.39. The number of fused-ring (bicyclic) bond motifs is 2. The molecule has 3 aromatic carbocycles. The van der Waals surface area contributed by atoms with E-state index in [9.17, 15) is 10.2 Å². The molecular weight excluding hydrogens is 446 g/mol. The molecule has 0 saturated carbocycles. The monoisotopic (exact) mass is 479 g/mol. The van der Waals surface area contributed by atoms with E-state index >= 15 is 0 Å². The summed E-state index contributed by atoms with van der Waals surface area (Å²) in [5, 5.41) is 20.1. The Kier molecular flexibility index (Phi) is 8.02. The lowest BCUT2D eigenvalue weighted by atomic mass is 9.83. The van der Waals surface area contributed by atoms with E-state index in [2.05, 4.69) is 41.3 Å². The third-order valence-electron chi connectivity index (χ3n) is 7.16. The van der Waals surface area contributed by atoms with Crippen LogP contribution in [0.25, 0.3) is 0 Å². The predicted octanol–water partition coefficient (Wildman–Crippen LogP) is 5.86. The van der Waals surface area contributed by atoms with Crippen molar-refractivity contribution in [1.29, 1.82) is 0 Å². The molecule has 1 heterocycles. The molecule has 0 amide bonds. The van der Waals surface area contributed by atoms with E-state index in [0.29, 0.717) is 11.5 Å². The largest absolute Gasteiger partial charge is 0.508 e. The molecule has 5 rings (SSSR count). The van der Waals surface area contributed by atoms with Crippen molar-refractivity contribution >= 4 is 12.4 Å². The van der Waals surface area contributed by atoms with Crippen LogP contribution in [0.1, 0.15) is 53.0 Å². The van der Waals surface area contributed by atoms with Gasteiger partial charge in [-0.1, -0.05) is 30.7 Å². The summed E-state index contributed by atoms with van der Waals surface area (Å²) in [6.07, 6.45) is 6.56. The molecule has 0 aromatic heterocycles. The summed E-state index contributed by atoms with van der Waals surface area (Å²) >= 11 is 0. The van der Waals surface area contributed by atoms with Crippen LogP contribution in [-0.2, 0) is 19.3 Å². The number of rotatable bonds is 6. The van der Waals surface area contributed by atoms with Crippen LogP contribution in [0.5, 0.6) is 17.2 Å². The van der Waals surface area contributed by atoms with Crippen LogP contribution in [-0.4, -0.2) is 41.4 Å². The van der Waals surface area contributed by atoms with E-state index in [4.69, 9.17) is 4.74 Å². The molecule has 180 valence electrons. The molecule has 1 fully saturated rings. The van der Waals surface area contributed by atoms with Gasteiger partial charge in [-0.05, 0) is 109 Å². The Bertz CT molecular complexity index is 1040. The van der Waals surface area contributed by atoms with E-state index < -0.39 is 0 Å². The second-order valence-electron chi connectivity index (χ2n) is 9.42. The Morgan fingerprint density at radius 2 is 1.35 bits per heavy atom. The minimum Gasteiger partial charge on any atom is -0.508 e. The Morgan fingerprint density at radius 3 is 1.94 bits per heavy atom. The maximum absolute atomic E-state index is 10.0. The fraction of sp³-hybridized carbons (Fsp3) is 0.379. The molecule has 1 saturated heterocycles. The van der Waals surface area contributed by atoms with Crippen molar-refractivity contribution < 1.29 is 14.9 Å². The van der Waals surface area contributed by atoms with Crippen molar-refractivity contribution in [3.8, 4) is 17.2 Å². The number of ether oxygens (including phenoxy) is 1. The van der Waals surface area contributed by atoms with E-state index in [1.54, 1.807) is 12.1 Å². The summed E-state index contributed by atoms with van der Waals surface area (Å²) in [5.74, 6) is 1.73. The number of benzene rings is 3. The lowest BCUT2D eigenvalue weighted by Crippen LogP contribution is -2.33. The molecule has 4 nitrogen and oxygen atoms in total. The van der Waals surface area contributed by atoms with Crippen molar-refractivity contribution in [3.05, 3.63) is 88.5 Å². The van der Waals surface area contributed by atoms with Crippen molar-refractivity contribution in [2.24, 2.45) is 0 Å². The molecule has 5 heteroatoms. The summed E-state index contributed by atoms with van der Waals surface area (Å²) in [6, 6.07) is 20.0. The van der Waals surface area contributed by atoms with Gasteiger partial charge in [-0.3, -0.25) is 4.90 Å². The third kappa shape index (κ3) is 5.68. The van der Waals surface area contributed by atoms with Gasteiger partial charge in [0.05, 0.1) is 0 Å². The maximum Gasteiger partial charge on any atom is 0.119 e. The quantitative estimate of drug-likeness (QED) is 0.465.